The van der Waals surface area contributed by atoms with Crippen LogP contribution in [0, 0.1) is 0 Å². The highest BCUT2D eigenvalue weighted by Crippen LogP contribution is 2.25. The van der Waals surface area contributed by atoms with Crippen molar-refractivity contribution in [2.75, 3.05) is 6.61 Å². The lowest BCUT2D eigenvalue weighted by Gasteiger charge is -2.37. The van der Waals surface area contributed by atoms with Gasteiger partial charge in [-0.1, -0.05) is 19.1 Å². The van der Waals surface area contributed by atoms with E-state index in [1.54, 1.807) is 0 Å². The van der Waals surface area contributed by atoms with Gasteiger partial charge in [-0.3, -0.25) is 0 Å². The van der Waals surface area contributed by atoms with Crippen molar-refractivity contribution in [2.45, 2.75) is 58.7 Å². The van der Waals surface area contributed by atoms with Gasteiger partial charge in [0.15, 0.2) is 0 Å². The lowest BCUT2D eigenvalue weighted by molar-refractivity contribution is -0.0685. The molecular weight excluding hydrogens is 203 g/mol. The fourth-order valence-corrected chi connectivity index (χ4v) is 1.86. The van der Waals surface area contributed by atoms with E-state index in [-0.39, 0.29) is 11.7 Å². The molecule has 0 saturated carbocycles. The van der Waals surface area contributed by atoms with Crippen molar-refractivity contribution in [3.8, 4) is 0 Å². The molecule has 16 heavy (non-hydrogen) atoms. The summed E-state index contributed by atoms with van der Waals surface area (Å²) >= 11 is 0. The average Bonchev–Trinajstić information content (AvgIpc) is 2.14. The molecule has 1 atom stereocenters. The average molecular weight is 226 g/mol. The van der Waals surface area contributed by atoms with Gasteiger partial charge in [-0.15, -0.1) is 0 Å². The maximum atomic E-state index is 5.68. The second kappa shape index (κ2) is 6.43. The first-order chi connectivity index (χ1) is 7.53. The van der Waals surface area contributed by atoms with Crippen molar-refractivity contribution >= 4 is 7.32 Å². The predicted octanol–water partition coefficient (Wildman–Crippen LogP) is 2.95. The summed E-state index contributed by atoms with van der Waals surface area (Å²) in [6.45, 7) is 8.95. The Morgan fingerprint density at radius 1 is 1.44 bits per heavy atom. The quantitative estimate of drug-likeness (QED) is 0.409. The Balaban J connectivity index is 2.23. The molecule has 0 aromatic carbocycles. The maximum absolute atomic E-state index is 5.68. The number of hydrogen-bond donors (Lipinski definition) is 0. The van der Waals surface area contributed by atoms with Crippen LogP contribution >= 0.6 is 0 Å². The van der Waals surface area contributed by atoms with E-state index in [1.807, 2.05) is 0 Å². The van der Waals surface area contributed by atoms with E-state index in [0.717, 1.165) is 19.3 Å². The Morgan fingerprint density at radius 2 is 2.19 bits per heavy atom. The maximum Gasteiger partial charge on any atom is 0.640 e. The summed E-state index contributed by atoms with van der Waals surface area (Å²) in [5, 5.41) is 0. The van der Waals surface area contributed by atoms with Crippen LogP contribution in [0.15, 0.2) is 12.2 Å². The number of hydrogen-bond acceptors (Lipinski definition) is 3. The molecule has 0 aromatic rings. The van der Waals surface area contributed by atoms with Gasteiger partial charge in [0.05, 0.1) is 5.60 Å². The highest BCUT2D eigenvalue weighted by molar-refractivity contribution is 6.36. The van der Waals surface area contributed by atoms with Gasteiger partial charge in [0.25, 0.3) is 0 Å². The van der Waals surface area contributed by atoms with Crippen LogP contribution in [0.1, 0.15) is 47.0 Å². The Labute approximate surface area is 99.3 Å². The van der Waals surface area contributed by atoms with Crippen LogP contribution < -0.4 is 0 Å². The minimum Gasteiger partial charge on any atom is -0.386 e. The van der Waals surface area contributed by atoms with Crippen molar-refractivity contribution in [2.24, 2.45) is 0 Å². The van der Waals surface area contributed by atoms with Crippen LogP contribution in [0.4, 0.5) is 0 Å². The smallest absolute Gasteiger partial charge is 0.386 e. The molecule has 1 unspecified atom stereocenters. The van der Waals surface area contributed by atoms with Crippen molar-refractivity contribution in [3.63, 3.8) is 0 Å². The van der Waals surface area contributed by atoms with Crippen molar-refractivity contribution in [3.05, 3.63) is 12.2 Å². The number of allylic oxidation sites excluding steroid dienone is 1. The highest BCUT2D eigenvalue weighted by atomic mass is 16.7. The predicted molar refractivity (Wildman–Crippen MR) is 66.1 cm³/mol. The molecule has 1 heterocycles. The van der Waals surface area contributed by atoms with Crippen LogP contribution in [0.3, 0.4) is 0 Å². The molecule has 0 spiro atoms. The lowest BCUT2D eigenvalue weighted by atomic mass is 9.95. The van der Waals surface area contributed by atoms with Gasteiger partial charge in [-0.05, 0) is 40.0 Å². The van der Waals surface area contributed by atoms with Gasteiger partial charge in [-0.25, -0.2) is 0 Å². The van der Waals surface area contributed by atoms with Gasteiger partial charge < -0.3 is 14.0 Å². The SMILES string of the molecule is CCC=CCCOB1OC(C)CC(C)(C)O1. The molecule has 0 aromatic heterocycles. The molecule has 0 aliphatic carbocycles. The van der Waals surface area contributed by atoms with E-state index in [4.69, 9.17) is 14.0 Å². The first kappa shape index (κ1) is 13.7. The standard InChI is InChI=1S/C12H23BO3/c1-5-6-7-8-9-14-13-15-11(2)10-12(3,4)16-13/h6-7,11H,5,8-10H2,1-4H3. The normalized spacial score (nSPS) is 25.2. The zero-order valence-corrected chi connectivity index (χ0v) is 10.9. The first-order valence-electron chi connectivity index (χ1n) is 6.13. The van der Waals surface area contributed by atoms with E-state index in [1.165, 1.54) is 0 Å². The summed E-state index contributed by atoms with van der Waals surface area (Å²) < 4.78 is 16.8. The van der Waals surface area contributed by atoms with Gasteiger partial charge in [0, 0.05) is 12.7 Å². The molecule has 0 radical (unpaired) electrons. The minimum atomic E-state index is -0.506. The molecular formula is C12H23BO3. The molecule has 1 aliphatic heterocycles. The Hall–Kier alpha value is -0.315. The molecule has 0 amide bonds. The Morgan fingerprint density at radius 3 is 2.81 bits per heavy atom. The molecule has 1 saturated heterocycles. The summed E-state index contributed by atoms with van der Waals surface area (Å²) in [5.74, 6) is 0. The molecule has 1 rings (SSSR count). The first-order valence-corrected chi connectivity index (χ1v) is 6.13. The summed E-state index contributed by atoms with van der Waals surface area (Å²) in [7, 11) is -0.506. The second-order valence-electron chi connectivity index (χ2n) is 4.86. The summed E-state index contributed by atoms with van der Waals surface area (Å²) in [6.07, 6.45) is 7.34. The second-order valence-corrected chi connectivity index (χ2v) is 4.86. The largest absolute Gasteiger partial charge is 0.640 e. The third-order valence-corrected chi connectivity index (χ3v) is 2.48. The molecule has 1 fully saturated rings. The third kappa shape index (κ3) is 5.15. The third-order valence-electron chi connectivity index (χ3n) is 2.48. The van der Waals surface area contributed by atoms with E-state index in [2.05, 4.69) is 39.8 Å². The Bertz CT molecular complexity index is 228. The lowest BCUT2D eigenvalue weighted by Crippen LogP contribution is -2.47. The van der Waals surface area contributed by atoms with Crippen molar-refractivity contribution in [1.29, 1.82) is 0 Å². The topological polar surface area (TPSA) is 27.7 Å². The minimum absolute atomic E-state index is 0.151. The van der Waals surface area contributed by atoms with Crippen LogP contribution in [-0.2, 0) is 14.0 Å². The van der Waals surface area contributed by atoms with Crippen LogP contribution in [0.25, 0.3) is 0 Å². The molecule has 0 N–H and O–H groups in total. The van der Waals surface area contributed by atoms with Gasteiger partial charge in [0.2, 0.25) is 0 Å². The summed E-state index contributed by atoms with van der Waals surface area (Å²) in [4.78, 5) is 0. The zero-order valence-electron chi connectivity index (χ0n) is 10.9. The van der Waals surface area contributed by atoms with E-state index in [9.17, 15) is 0 Å². The highest BCUT2D eigenvalue weighted by Gasteiger charge is 2.38. The van der Waals surface area contributed by atoms with Crippen LogP contribution in [0.5, 0.6) is 0 Å². The van der Waals surface area contributed by atoms with E-state index in [0.29, 0.717) is 6.61 Å². The molecule has 4 heteroatoms. The fraction of sp³-hybridized carbons (Fsp3) is 0.833. The summed E-state index contributed by atoms with van der Waals surface area (Å²) in [6, 6.07) is 0. The van der Waals surface area contributed by atoms with Crippen LogP contribution in [-0.4, -0.2) is 25.6 Å². The molecule has 0 bridgehead atoms. The monoisotopic (exact) mass is 226 g/mol. The van der Waals surface area contributed by atoms with E-state index < -0.39 is 7.32 Å². The zero-order chi connectivity index (χ0) is 12.0. The van der Waals surface area contributed by atoms with Gasteiger partial charge in [0.1, 0.15) is 0 Å². The molecule has 92 valence electrons. The van der Waals surface area contributed by atoms with Crippen LogP contribution in [0.2, 0.25) is 0 Å². The van der Waals surface area contributed by atoms with Gasteiger partial charge >= 0.3 is 7.32 Å². The van der Waals surface area contributed by atoms with Crippen molar-refractivity contribution < 1.29 is 14.0 Å². The van der Waals surface area contributed by atoms with Crippen molar-refractivity contribution in [1.82, 2.24) is 0 Å². The molecule has 3 nitrogen and oxygen atoms in total. The summed E-state index contributed by atoms with van der Waals surface area (Å²) in [5.41, 5.74) is -0.151. The number of rotatable bonds is 5. The Kier molecular flexibility index (Phi) is 5.52. The van der Waals surface area contributed by atoms with Gasteiger partial charge in [-0.2, -0.15) is 0 Å². The molecule has 1 aliphatic rings. The van der Waals surface area contributed by atoms with E-state index >= 15 is 0 Å². The fourth-order valence-electron chi connectivity index (χ4n) is 1.86.